The number of imidazole rings is 4. The lowest BCUT2D eigenvalue weighted by atomic mass is 10.5. The lowest BCUT2D eigenvalue weighted by Crippen LogP contribution is -2.10. The Morgan fingerprint density at radius 1 is 0.442 bits per heavy atom. The molecule has 0 aromatic carbocycles. The van der Waals surface area contributed by atoms with E-state index in [4.69, 9.17) is 22.9 Å². The van der Waals surface area contributed by atoms with Crippen molar-refractivity contribution in [1.29, 1.82) is 0 Å². The molecule has 0 saturated carbocycles. The van der Waals surface area contributed by atoms with Crippen molar-refractivity contribution in [2.45, 2.75) is 0 Å². The van der Waals surface area contributed by atoms with E-state index in [1.165, 1.54) is 31.6 Å². The third-order valence-electron chi connectivity index (χ3n) is 5.20. The number of rotatable bonds is 0. The summed E-state index contributed by atoms with van der Waals surface area (Å²) in [7, 11) is 0. The summed E-state index contributed by atoms with van der Waals surface area (Å²) in [5.74, 6) is 0.668. The average molecular weight is 589 g/mol. The maximum atomic E-state index is 11.0. The van der Waals surface area contributed by atoms with Gasteiger partial charge in [0, 0.05) is 0 Å². The van der Waals surface area contributed by atoms with E-state index >= 15 is 0 Å². The highest BCUT2D eigenvalue weighted by Crippen LogP contribution is 2.09. The molecule has 0 atom stereocenters. The molecule has 43 heavy (non-hydrogen) atoms. The number of hydrogen-bond acceptors (Lipinski definition) is 16. The number of nitrogens with two attached hydrogens (primary N) is 4. The van der Waals surface area contributed by atoms with Gasteiger partial charge in [-0.2, -0.15) is 15.0 Å². The third-order valence-corrected chi connectivity index (χ3v) is 5.20. The zero-order valence-electron chi connectivity index (χ0n) is 21.4. The maximum absolute atomic E-state index is 11.0. The van der Waals surface area contributed by atoms with Crippen molar-refractivity contribution in [2.75, 3.05) is 22.9 Å². The molecule has 23 nitrogen and oxygen atoms in total. The molecule has 0 amide bonds. The van der Waals surface area contributed by atoms with Crippen LogP contribution in [0.5, 0.6) is 0 Å². The van der Waals surface area contributed by atoms with Crippen LogP contribution in [0.15, 0.2) is 46.0 Å². The summed E-state index contributed by atoms with van der Waals surface area (Å²) in [4.78, 5) is 85.0. The lowest BCUT2D eigenvalue weighted by Gasteiger charge is -1.89. The molecule has 0 spiro atoms. The number of nitrogen functional groups attached to an aromatic ring is 4. The molecule has 8 aromatic rings. The van der Waals surface area contributed by atoms with E-state index in [0.29, 0.717) is 50.5 Å². The van der Waals surface area contributed by atoms with Gasteiger partial charge >= 0.3 is 0 Å². The monoisotopic (exact) mass is 588 g/mol. The molecular weight excluding hydrogens is 568 g/mol. The Morgan fingerprint density at radius 2 is 0.791 bits per heavy atom. The van der Waals surface area contributed by atoms with Crippen LogP contribution >= 0.6 is 0 Å². The topological polar surface area (TPSA) is 382 Å². The summed E-state index contributed by atoms with van der Waals surface area (Å²) in [6, 6.07) is 0. The van der Waals surface area contributed by atoms with Gasteiger partial charge in [0.1, 0.15) is 11.8 Å². The van der Waals surface area contributed by atoms with Gasteiger partial charge in [-0.25, -0.2) is 29.9 Å². The average Bonchev–Trinajstić information content (AvgIpc) is 3.76. The highest BCUT2D eigenvalue weighted by atomic mass is 16.1. The minimum atomic E-state index is -0.301. The molecule has 8 rings (SSSR count). The molecule has 23 heteroatoms. The van der Waals surface area contributed by atoms with Crippen molar-refractivity contribution < 1.29 is 0 Å². The first-order valence-electron chi connectivity index (χ1n) is 11.7. The number of aromatic nitrogens is 16. The van der Waals surface area contributed by atoms with Crippen LogP contribution in [0.25, 0.3) is 44.7 Å². The van der Waals surface area contributed by atoms with Gasteiger partial charge in [0.15, 0.2) is 45.0 Å². The normalized spacial score (nSPS) is 10.5. The molecule has 218 valence electrons. The molecule has 0 unspecified atom stereocenters. The minimum Gasteiger partial charge on any atom is -0.382 e. The number of hydrogen-bond donors (Lipinski definition) is 11. The summed E-state index contributed by atoms with van der Waals surface area (Å²) in [5.41, 5.74) is 23.7. The Balaban J connectivity index is 0.000000114. The maximum Gasteiger partial charge on any atom is 0.278 e. The highest BCUT2D eigenvalue weighted by Gasteiger charge is 2.04. The second-order valence-corrected chi connectivity index (χ2v) is 8.02. The number of anilines is 4. The van der Waals surface area contributed by atoms with Crippen molar-refractivity contribution in [3.8, 4) is 0 Å². The van der Waals surface area contributed by atoms with Gasteiger partial charge in [-0.05, 0) is 0 Å². The fourth-order valence-corrected chi connectivity index (χ4v) is 3.36. The van der Waals surface area contributed by atoms with Crippen LogP contribution in [-0.4, -0.2) is 79.7 Å². The van der Waals surface area contributed by atoms with Gasteiger partial charge in [0.2, 0.25) is 17.8 Å². The standard InChI is InChI=1S/3C5H5N5O.C5H5N5/c3*6-5-9-3-2(4(11)10-5)7-1-8-3;6-4-3-5(9-1-7-3)10-2-8-4/h3*1H,(H4,6,7,8,9,10,11);1-2H,(H3,6,7,8,9,10). The molecule has 8 heterocycles. The quantitative estimate of drug-likeness (QED) is 0.0880. The molecule has 0 fully saturated rings. The van der Waals surface area contributed by atoms with Gasteiger partial charge in [-0.3, -0.25) is 29.3 Å². The largest absolute Gasteiger partial charge is 0.382 e. The summed E-state index contributed by atoms with van der Waals surface area (Å²) >= 11 is 0. The molecule has 0 saturated heterocycles. The first-order chi connectivity index (χ1) is 20.7. The second kappa shape index (κ2) is 11.5. The predicted molar refractivity (Wildman–Crippen MR) is 153 cm³/mol. The van der Waals surface area contributed by atoms with E-state index in [1.807, 2.05) is 0 Å². The van der Waals surface area contributed by atoms with Gasteiger partial charge < -0.3 is 42.9 Å². The van der Waals surface area contributed by atoms with E-state index in [1.54, 1.807) is 0 Å². The number of nitrogens with one attached hydrogen (secondary N) is 7. The molecule has 15 N–H and O–H groups in total. The number of nitrogens with zero attached hydrogens (tertiary/aromatic N) is 9. The molecule has 0 aliphatic rings. The van der Waals surface area contributed by atoms with Crippen molar-refractivity contribution in [1.82, 2.24) is 79.7 Å². The summed E-state index contributed by atoms with van der Waals surface area (Å²) in [6.45, 7) is 0. The first-order valence-corrected chi connectivity index (χ1v) is 11.7. The zero-order valence-corrected chi connectivity index (χ0v) is 21.4. The summed E-state index contributed by atoms with van der Waals surface area (Å²) in [6.07, 6.45) is 7.11. The molecular formula is C20H20N20O3. The Morgan fingerprint density at radius 3 is 1.16 bits per heavy atom. The van der Waals surface area contributed by atoms with E-state index in [0.717, 1.165) is 0 Å². The van der Waals surface area contributed by atoms with Gasteiger partial charge in [0.05, 0.1) is 25.3 Å². The lowest BCUT2D eigenvalue weighted by molar-refractivity contribution is 1.17. The van der Waals surface area contributed by atoms with Crippen molar-refractivity contribution in [3.05, 3.63) is 62.7 Å². The van der Waals surface area contributed by atoms with Crippen LogP contribution in [0.4, 0.5) is 23.7 Å². The Hall–Kier alpha value is -7.20. The minimum absolute atomic E-state index is 0.0783. The first kappa shape index (κ1) is 27.4. The number of fused-ring (bicyclic) bond motifs is 4. The summed E-state index contributed by atoms with van der Waals surface area (Å²) < 4.78 is 0. The Labute approximate surface area is 234 Å². The molecule has 8 aromatic heterocycles. The van der Waals surface area contributed by atoms with Crippen LogP contribution in [0.3, 0.4) is 0 Å². The van der Waals surface area contributed by atoms with Crippen LogP contribution in [0.2, 0.25) is 0 Å². The fourth-order valence-electron chi connectivity index (χ4n) is 3.36. The van der Waals surface area contributed by atoms with Crippen LogP contribution in [0.1, 0.15) is 0 Å². The Bertz CT molecular complexity index is 2130. The molecule has 0 radical (unpaired) electrons. The summed E-state index contributed by atoms with van der Waals surface area (Å²) in [5, 5.41) is 0. The number of H-pyrrole nitrogens is 7. The smallest absolute Gasteiger partial charge is 0.278 e. The molecule has 0 aliphatic heterocycles. The predicted octanol–water partition coefficient (Wildman–Crippen LogP) is -2.38. The van der Waals surface area contributed by atoms with Crippen molar-refractivity contribution >= 4 is 68.3 Å². The van der Waals surface area contributed by atoms with Crippen LogP contribution in [-0.2, 0) is 0 Å². The van der Waals surface area contributed by atoms with Crippen LogP contribution < -0.4 is 39.6 Å². The van der Waals surface area contributed by atoms with E-state index in [-0.39, 0.29) is 34.5 Å². The van der Waals surface area contributed by atoms with E-state index < -0.39 is 0 Å². The Kier molecular flexibility index (Phi) is 7.32. The van der Waals surface area contributed by atoms with Gasteiger partial charge in [-0.1, -0.05) is 0 Å². The van der Waals surface area contributed by atoms with Gasteiger partial charge in [-0.15, -0.1) is 0 Å². The highest BCUT2D eigenvalue weighted by molar-refractivity contribution is 5.80. The molecule has 0 bridgehead atoms. The zero-order chi connectivity index (χ0) is 30.5. The van der Waals surface area contributed by atoms with Gasteiger partial charge in [0.25, 0.3) is 16.7 Å². The second-order valence-electron chi connectivity index (χ2n) is 8.02. The third kappa shape index (κ3) is 6.03. The molecule has 0 aliphatic carbocycles. The van der Waals surface area contributed by atoms with Crippen molar-refractivity contribution in [2.24, 2.45) is 0 Å². The van der Waals surface area contributed by atoms with Crippen molar-refractivity contribution in [3.63, 3.8) is 0 Å². The fraction of sp³-hybridized carbons (Fsp3) is 0. The number of aromatic amines is 7. The van der Waals surface area contributed by atoms with E-state index in [9.17, 15) is 14.4 Å². The van der Waals surface area contributed by atoms with Crippen LogP contribution in [0, 0.1) is 0 Å². The SMILES string of the molecule is Nc1nc2nc[nH]c2c(=O)[nH]1.Nc1nc2nc[nH]c2c(=O)[nH]1.Nc1nc2nc[nH]c2c(=O)[nH]1.Nc1ncnc2nc[nH]c12. The van der Waals surface area contributed by atoms with E-state index in [2.05, 4.69) is 79.7 Å².